The number of carbonyl (C=O) groups excluding carboxylic acids is 1. The van der Waals surface area contributed by atoms with Crippen molar-refractivity contribution in [2.24, 2.45) is 0 Å². The fourth-order valence-electron chi connectivity index (χ4n) is 1.54. The summed E-state index contributed by atoms with van der Waals surface area (Å²) in [6.07, 6.45) is 1.48. The maximum Gasteiger partial charge on any atom is 0.340 e. The summed E-state index contributed by atoms with van der Waals surface area (Å²) in [5.41, 5.74) is 0.906. The number of hydrogen-bond acceptors (Lipinski definition) is 4. The zero-order valence-electron chi connectivity index (χ0n) is 9.43. The number of rotatable bonds is 3. The van der Waals surface area contributed by atoms with Crippen LogP contribution in [0.25, 0.3) is 5.69 Å². The van der Waals surface area contributed by atoms with Gasteiger partial charge in [0, 0.05) is 5.02 Å². The fourth-order valence-corrected chi connectivity index (χ4v) is 1.90. The zero-order chi connectivity index (χ0) is 13.1. The van der Waals surface area contributed by atoms with E-state index in [1.165, 1.54) is 19.5 Å². The van der Waals surface area contributed by atoms with Crippen molar-refractivity contribution in [3.8, 4) is 5.69 Å². The highest BCUT2D eigenvalue weighted by atomic mass is 35.5. The number of esters is 1. The van der Waals surface area contributed by atoms with E-state index in [1.807, 2.05) is 0 Å². The molecule has 1 aromatic carbocycles. The van der Waals surface area contributed by atoms with Crippen LogP contribution in [0.1, 0.15) is 16.2 Å². The third-order valence-corrected chi connectivity index (χ3v) is 2.84. The molecule has 0 aliphatic heterocycles. The normalized spacial score (nSPS) is 10.4. The van der Waals surface area contributed by atoms with E-state index >= 15 is 0 Å². The van der Waals surface area contributed by atoms with E-state index < -0.39 is 5.97 Å². The van der Waals surface area contributed by atoms with Gasteiger partial charge in [-0.15, -0.1) is 21.8 Å². The standard InChI is InChI=1S/C11H9Cl2N3O2/c1-18-11(17)8-4-7(13)2-3-9(8)16-6-14-15-10(16)5-12/h2-4,6H,5H2,1H3. The number of methoxy groups -OCH3 is 1. The molecule has 5 nitrogen and oxygen atoms in total. The van der Waals surface area contributed by atoms with Gasteiger partial charge in [-0.3, -0.25) is 4.57 Å². The molecule has 0 bridgehead atoms. The molecule has 2 aromatic rings. The Balaban J connectivity index is 2.60. The number of ether oxygens (including phenoxy) is 1. The Morgan fingerprint density at radius 3 is 2.94 bits per heavy atom. The Bertz CT molecular complexity index is 583. The minimum atomic E-state index is -0.485. The second kappa shape index (κ2) is 5.37. The van der Waals surface area contributed by atoms with Crippen molar-refractivity contribution in [1.82, 2.24) is 14.8 Å². The van der Waals surface area contributed by atoms with E-state index in [2.05, 4.69) is 10.2 Å². The molecule has 0 saturated heterocycles. The molecule has 0 spiro atoms. The van der Waals surface area contributed by atoms with Gasteiger partial charge in [0.25, 0.3) is 0 Å². The van der Waals surface area contributed by atoms with Gasteiger partial charge in [0.05, 0.1) is 24.2 Å². The monoisotopic (exact) mass is 285 g/mol. The van der Waals surface area contributed by atoms with E-state index in [4.69, 9.17) is 27.9 Å². The van der Waals surface area contributed by atoms with Gasteiger partial charge in [0.2, 0.25) is 0 Å². The summed E-state index contributed by atoms with van der Waals surface area (Å²) in [4.78, 5) is 11.7. The van der Waals surface area contributed by atoms with Crippen LogP contribution in [0, 0.1) is 0 Å². The fraction of sp³-hybridized carbons (Fsp3) is 0.182. The summed E-state index contributed by atoms with van der Waals surface area (Å²) in [7, 11) is 1.31. The van der Waals surface area contributed by atoms with Crippen LogP contribution >= 0.6 is 23.2 Å². The van der Waals surface area contributed by atoms with Crippen LogP contribution in [0.5, 0.6) is 0 Å². The smallest absolute Gasteiger partial charge is 0.340 e. The molecule has 0 N–H and O–H groups in total. The van der Waals surface area contributed by atoms with Gasteiger partial charge in [-0.2, -0.15) is 0 Å². The maximum atomic E-state index is 11.7. The number of carbonyl (C=O) groups is 1. The Morgan fingerprint density at radius 1 is 1.50 bits per heavy atom. The lowest BCUT2D eigenvalue weighted by Gasteiger charge is -2.10. The third kappa shape index (κ3) is 2.32. The van der Waals surface area contributed by atoms with Crippen molar-refractivity contribution in [1.29, 1.82) is 0 Å². The number of alkyl halides is 1. The average molecular weight is 286 g/mol. The Hall–Kier alpha value is -1.59. The average Bonchev–Trinajstić information content (AvgIpc) is 2.85. The number of benzene rings is 1. The highest BCUT2D eigenvalue weighted by Gasteiger charge is 2.16. The molecule has 1 heterocycles. The first-order chi connectivity index (χ1) is 8.67. The number of aromatic nitrogens is 3. The maximum absolute atomic E-state index is 11.7. The van der Waals surface area contributed by atoms with Gasteiger partial charge in [-0.25, -0.2) is 4.79 Å². The van der Waals surface area contributed by atoms with Crippen LogP contribution < -0.4 is 0 Å². The van der Waals surface area contributed by atoms with E-state index in [0.717, 1.165) is 0 Å². The minimum absolute atomic E-state index is 0.184. The Labute approximate surface area is 113 Å². The van der Waals surface area contributed by atoms with Crippen LogP contribution in [0.2, 0.25) is 5.02 Å². The molecule has 18 heavy (non-hydrogen) atoms. The van der Waals surface area contributed by atoms with Crippen molar-refractivity contribution in [2.75, 3.05) is 7.11 Å². The molecule has 7 heteroatoms. The van der Waals surface area contributed by atoms with Crippen molar-refractivity contribution < 1.29 is 9.53 Å². The van der Waals surface area contributed by atoms with Crippen molar-refractivity contribution in [3.63, 3.8) is 0 Å². The van der Waals surface area contributed by atoms with Gasteiger partial charge in [0.1, 0.15) is 6.33 Å². The van der Waals surface area contributed by atoms with E-state index in [9.17, 15) is 4.79 Å². The minimum Gasteiger partial charge on any atom is -0.465 e. The molecular formula is C11H9Cl2N3O2. The van der Waals surface area contributed by atoms with Gasteiger partial charge >= 0.3 is 5.97 Å². The molecule has 0 unspecified atom stereocenters. The van der Waals surface area contributed by atoms with Gasteiger partial charge < -0.3 is 4.74 Å². The summed E-state index contributed by atoms with van der Waals surface area (Å²) >= 11 is 11.6. The summed E-state index contributed by atoms with van der Waals surface area (Å²) in [6.45, 7) is 0. The first-order valence-electron chi connectivity index (χ1n) is 5.00. The highest BCUT2D eigenvalue weighted by molar-refractivity contribution is 6.31. The lowest BCUT2D eigenvalue weighted by Crippen LogP contribution is -2.09. The van der Waals surface area contributed by atoms with Crippen molar-refractivity contribution >= 4 is 29.2 Å². The molecule has 2 rings (SSSR count). The van der Waals surface area contributed by atoms with Crippen LogP contribution in [0.15, 0.2) is 24.5 Å². The summed E-state index contributed by atoms with van der Waals surface area (Å²) in [5, 5.41) is 8.06. The van der Waals surface area contributed by atoms with Crippen molar-refractivity contribution in [3.05, 3.63) is 40.9 Å². The predicted molar refractivity (Wildman–Crippen MR) is 67.3 cm³/mol. The highest BCUT2D eigenvalue weighted by Crippen LogP contribution is 2.21. The summed E-state index contributed by atoms with van der Waals surface area (Å²) < 4.78 is 6.34. The molecule has 0 fully saturated rings. The van der Waals surface area contributed by atoms with E-state index in [1.54, 1.807) is 16.7 Å². The van der Waals surface area contributed by atoms with E-state index in [0.29, 0.717) is 22.1 Å². The first-order valence-corrected chi connectivity index (χ1v) is 5.91. The number of hydrogen-bond donors (Lipinski definition) is 0. The third-order valence-electron chi connectivity index (χ3n) is 2.36. The molecule has 1 aromatic heterocycles. The second-order valence-electron chi connectivity index (χ2n) is 3.40. The summed E-state index contributed by atoms with van der Waals surface area (Å²) in [6, 6.07) is 4.88. The number of halogens is 2. The number of nitrogens with zero attached hydrogens (tertiary/aromatic N) is 3. The summed E-state index contributed by atoms with van der Waals surface area (Å²) in [5.74, 6) is 0.231. The van der Waals surface area contributed by atoms with E-state index in [-0.39, 0.29) is 5.88 Å². The molecule has 0 atom stereocenters. The van der Waals surface area contributed by atoms with Crippen molar-refractivity contribution in [2.45, 2.75) is 5.88 Å². The molecule has 0 radical (unpaired) electrons. The predicted octanol–water partition coefficient (Wildman–Crippen LogP) is 2.45. The van der Waals surface area contributed by atoms with Crippen LogP contribution in [0.3, 0.4) is 0 Å². The Morgan fingerprint density at radius 2 is 2.28 bits per heavy atom. The molecule has 0 saturated carbocycles. The van der Waals surface area contributed by atoms with Gasteiger partial charge in [0.15, 0.2) is 5.82 Å². The van der Waals surface area contributed by atoms with Gasteiger partial charge in [-0.1, -0.05) is 11.6 Å². The van der Waals surface area contributed by atoms with Crippen LogP contribution in [-0.4, -0.2) is 27.8 Å². The SMILES string of the molecule is COC(=O)c1cc(Cl)ccc1-n1cnnc1CCl. The topological polar surface area (TPSA) is 57.0 Å². The lowest BCUT2D eigenvalue weighted by atomic mass is 10.1. The molecule has 94 valence electrons. The molecule has 0 amide bonds. The second-order valence-corrected chi connectivity index (χ2v) is 4.11. The first kappa shape index (κ1) is 12.9. The molecule has 0 aliphatic carbocycles. The van der Waals surface area contributed by atoms with Crippen LogP contribution in [-0.2, 0) is 10.6 Å². The molecule has 0 aliphatic rings. The largest absolute Gasteiger partial charge is 0.465 e. The van der Waals surface area contributed by atoms with Gasteiger partial charge in [-0.05, 0) is 18.2 Å². The Kier molecular flexibility index (Phi) is 3.84. The molecular weight excluding hydrogens is 277 g/mol. The zero-order valence-corrected chi connectivity index (χ0v) is 10.9. The quantitative estimate of drug-likeness (QED) is 0.642. The van der Waals surface area contributed by atoms with Crippen LogP contribution in [0.4, 0.5) is 0 Å². The lowest BCUT2D eigenvalue weighted by molar-refractivity contribution is 0.0601.